The van der Waals surface area contributed by atoms with E-state index >= 15 is 0 Å². The molecule has 3 atom stereocenters. The quantitative estimate of drug-likeness (QED) is 0.598. The summed E-state index contributed by atoms with van der Waals surface area (Å²) in [5.74, 6) is -1.30. The van der Waals surface area contributed by atoms with Gasteiger partial charge in [-0.3, -0.25) is 14.4 Å². The highest BCUT2D eigenvalue weighted by Gasteiger charge is 2.61. The number of hydrogen-bond donors (Lipinski definition) is 1. The number of esters is 2. The Kier molecular flexibility index (Phi) is 5.01. The highest BCUT2D eigenvalue weighted by molar-refractivity contribution is 5.99. The zero-order valence-electron chi connectivity index (χ0n) is 18.2. The predicted molar refractivity (Wildman–Crippen MR) is 115 cm³/mol. The van der Waals surface area contributed by atoms with E-state index in [-0.39, 0.29) is 5.97 Å². The van der Waals surface area contributed by atoms with Crippen LogP contribution in [0.3, 0.4) is 0 Å². The summed E-state index contributed by atoms with van der Waals surface area (Å²) in [7, 11) is 0. The second-order valence-corrected chi connectivity index (χ2v) is 8.74. The van der Waals surface area contributed by atoms with Crippen LogP contribution in [0, 0.1) is 11.3 Å². The molecule has 0 bridgehead atoms. The van der Waals surface area contributed by atoms with Gasteiger partial charge in [0.05, 0.1) is 0 Å². The Hall–Kier alpha value is -2.99. The molecule has 0 saturated heterocycles. The Morgan fingerprint density at radius 1 is 1.13 bits per heavy atom. The normalized spacial score (nSPS) is 26.6. The summed E-state index contributed by atoms with van der Waals surface area (Å²) in [6, 6.07) is 9.55. The van der Waals surface area contributed by atoms with Crippen molar-refractivity contribution >= 4 is 34.1 Å². The van der Waals surface area contributed by atoms with Crippen molar-refractivity contribution in [3.63, 3.8) is 0 Å². The van der Waals surface area contributed by atoms with Gasteiger partial charge in [-0.2, -0.15) is 0 Å². The summed E-state index contributed by atoms with van der Waals surface area (Å²) in [5, 5.41) is 13.6. The highest BCUT2D eigenvalue weighted by atomic mass is 16.5. The van der Waals surface area contributed by atoms with Crippen LogP contribution < -0.4 is 4.74 Å². The summed E-state index contributed by atoms with van der Waals surface area (Å²) in [6.07, 6.45) is 3.25. The molecule has 2 aromatic carbocycles. The number of ketones is 1. The van der Waals surface area contributed by atoms with Crippen molar-refractivity contribution in [1.29, 1.82) is 0 Å². The molecular weight excluding hydrogens is 396 g/mol. The van der Waals surface area contributed by atoms with Gasteiger partial charge in [-0.25, -0.2) is 0 Å². The van der Waals surface area contributed by atoms with Crippen LogP contribution >= 0.6 is 0 Å². The van der Waals surface area contributed by atoms with Gasteiger partial charge in [-0.15, -0.1) is 0 Å². The number of ether oxygens (including phenoxy) is 2. The molecule has 0 amide bonds. The van der Waals surface area contributed by atoms with Crippen LogP contribution in [0.1, 0.15) is 45.2 Å². The van der Waals surface area contributed by atoms with Gasteiger partial charge in [-0.05, 0) is 52.4 Å². The fourth-order valence-electron chi connectivity index (χ4n) is 5.31. The topological polar surface area (TPSA) is 89.9 Å². The Labute approximate surface area is 180 Å². The molecule has 4 rings (SSSR count). The van der Waals surface area contributed by atoms with Crippen molar-refractivity contribution in [1.82, 2.24) is 0 Å². The maximum atomic E-state index is 13.0. The number of hydrogen-bond acceptors (Lipinski definition) is 6. The number of fused-ring (bicyclic) bond motifs is 5. The summed E-state index contributed by atoms with van der Waals surface area (Å²) < 4.78 is 10.1. The van der Waals surface area contributed by atoms with Gasteiger partial charge in [0.15, 0.2) is 6.61 Å². The fourth-order valence-corrected chi connectivity index (χ4v) is 5.31. The van der Waals surface area contributed by atoms with Gasteiger partial charge in [0.1, 0.15) is 11.4 Å². The number of benzene rings is 2. The van der Waals surface area contributed by atoms with Crippen LogP contribution in [0.2, 0.25) is 0 Å². The first-order chi connectivity index (χ1) is 14.6. The second-order valence-electron chi connectivity index (χ2n) is 8.74. The molecule has 1 N–H and O–H groups in total. The Morgan fingerprint density at radius 2 is 1.87 bits per heavy atom. The molecule has 0 unspecified atom stereocenters. The molecule has 31 heavy (non-hydrogen) atoms. The molecule has 6 heteroatoms. The van der Waals surface area contributed by atoms with E-state index in [2.05, 4.69) is 0 Å². The largest absolute Gasteiger partial charge is 0.458 e. The standard InChI is InChI=1S/C25H26O6/c1-14-11-22-21-7-5-17-12-18(31-16(3)27)6-8-19(17)20(21)9-10-24(22,4)25(14,29)23(28)13-30-15(2)26/h5-8,11-12,14,29H,9-10,13H2,1-4H3/t14-,24+,25+/m1/s1. The molecule has 6 nitrogen and oxygen atoms in total. The lowest BCUT2D eigenvalue weighted by Crippen LogP contribution is -2.56. The van der Waals surface area contributed by atoms with Crippen molar-refractivity contribution in [3.8, 4) is 5.75 Å². The lowest BCUT2D eigenvalue weighted by atomic mass is 9.60. The maximum Gasteiger partial charge on any atom is 0.308 e. The summed E-state index contributed by atoms with van der Waals surface area (Å²) >= 11 is 0. The van der Waals surface area contributed by atoms with Crippen LogP contribution in [0.15, 0.2) is 36.4 Å². The average Bonchev–Trinajstić information content (AvgIpc) is 2.92. The van der Waals surface area contributed by atoms with Crippen LogP contribution in [-0.4, -0.2) is 35.0 Å². The molecule has 0 heterocycles. The Balaban J connectivity index is 1.76. The van der Waals surface area contributed by atoms with Crippen LogP contribution in [0.4, 0.5) is 0 Å². The van der Waals surface area contributed by atoms with Crippen molar-refractivity contribution in [2.45, 2.75) is 46.1 Å². The third-order valence-electron chi connectivity index (χ3n) is 6.87. The first-order valence-electron chi connectivity index (χ1n) is 10.4. The molecule has 2 aromatic rings. The molecule has 0 radical (unpaired) electrons. The van der Waals surface area contributed by atoms with Gasteiger partial charge >= 0.3 is 11.9 Å². The molecular formula is C25H26O6. The van der Waals surface area contributed by atoms with Crippen LogP contribution in [0.5, 0.6) is 5.75 Å². The molecule has 0 saturated carbocycles. The lowest BCUT2D eigenvalue weighted by Gasteiger charge is -2.45. The second kappa shape index (κ2) is 7.31. The number of carbonyl (C=O) groups is 3. The minimum absolute atomic E-state index is 0.365. The molecule has 0 spiro atoms. The minimum atomic E-state index is -1.64. The van der Waals surface area contributed by atoms with E-state index in [1.54, 1.807) is 6.07 Å². The van der Waals surface area contributed by atoms with Crippen LogP contribution in [-0.2, 0) is 25.5 Å². The van der Waals surface area contributed by atoms with Gasteiger partial charge in [-0.1, -0.05) is 38.1 Å². The highest BCUT2D eigenvalue weighted by Crippen LogP contribution is 2.59. The SMILES string of the molecule is CC(=O)OCC(=O)[C@@]1(O)[C@H](C)C=C2c3ccc4cc(OC(C)=O)ccc4c3CC[C@@]21C. The Bertz CT molecular complexity index is 1150. The smallest absolute Gasteiger partial charge is 0.308 e. The van der Waals surface area contributed by atoms with Crippen molar-refractivity contribution in [3.05, 3.63) is 47.5 Å². The third-order valence-corrected chi connectivity index (χ3v) is 6.87. The van der Waals surface area contributed by atoms with E-state index in [1.807, 2.05) is 44.2 Å². The van der Waals surface area contributed by atoms with E-state index in [0.717, 1.165) is 27.5 Å². The summed E-state index contributed by atoms with van der Waals surface area (Å²) in [5.41, 5.74) is 0.709. The number of rotatable bonds is 4. The van der Waals surface area contributed by atoms with Crippen molar-refractivity contribution in [2.24, 2.45) is 11.3 Å². The van der Waals surface area contributed by atoms with Crippen LogP contribution in [0.25, 0.3) is 16.3 Å². The summed E-state index contributed by atoms with van der Waals surface area (Å²) in [6.45, 7) is 5.93. The van der Waals surface area contributed by atoms with Crippen molar-refractivity contribution < 1.29 is 29.0 Å². The van der Waals surface area contributed by atoms with Gasteiger partial charge in [0.2, 0.25) is 5.78 Å². The number of aryl methyl sites for hydroxylation is 1. The molecule has 2 aliphatic rings. The monoisotopic (exact) mass is 422 g/mol. The molecule has 0 aromatic heterocycles. The first kappa shape index (κ1) is 21.2. The van der Waals surface area contributed by atoms with Gasteiger partial charge in [0.25, 0.3) is 0 Å². The zero-order valence-corrected chi connectivity index (χ0v) is 18.2. The van der Waals surface area contributed by atoms with Crippen molar-refractivity contribution in [2.75, 3.05) is 6.61 Å². The molecule has 162 valence electrons. The molecule has 0 aliphatic heterocycles. The summed E-state index contributed by atoms with van der Waals surface area (Å²) in [4.78, 5) is 35.4. The maximum absolute atomic E-state index is 13.0. The van der Waals surface area contributed by atoms with E-state index in [4.69, 9.17) is 9.47 Å². The third kappa shape index (κ3) is 3.17. The van der Waals surface area contributed by atoms with Gasteiger partial charge in [0, 0.05) is 25.2 Å². The lowest BCUT2D eigenvalue weighted by molar-refractivity contribution is -0.162. The Morgan fingerprint density at radius 3 is 2.55 bits per heavy atom. The molecule has 0 fully saturated rings. The van der Waals surface area contributed by atoms with E-state index in [9.17, 15) is 19.5 Å². The number of aliphatic hydroxyl groups is 1. The first-order valence-corrected chi connectivity index (χ1v) is 10.4. The van der Waals surface area contributed by atoms with E-state index in [1.165, 1.54) is 13.8 Å². The van der Waals surface area contributed by atoms with E-state index in [0.29, 0.717) is 18.6 Å². The predicted octanol–water partition coefficient (Wildman–Crippen LogP) is 3.61. The number of carbonyl (C=O) groups excluding carboxylic acids is 3. The minimum Gasteiger partial charge on any atom is -0.458 e. The number of Topliss-reactive ketones (excluding diaryl/α,β-unsaturated/α-hetero) is 1. The zero-order chi connectivity index (χ0) is 22.6. The van der Waals surface area contributed by atoms with Gasteiger partial charge < -0.3 is 14.6 Å². The molecule has 2 aliphatic carbocycles. The average molecular weight is 422 g/mol. The fraction of sp³-hybridized carbons (Fsp3) is 0.400. The van der Waals surface area contributed by atoms with E-state index < -0.39 is 35.3 Å².